The summed E-state index contributed by atoms with van der Waals surface area (Å²) in [5.74, 6) is -0.352. The molecule has 23 heavy (non-hydrogen) atoms. The SMILES string of the molecule is CCN1CCN(/C=C(/C#N)C(=O)Nc2ccc(I)cc2C)CC1. The minimum Gasteiger partial charge on any atom is -0.374 e. The van der Waals surface area contributed by atoms with Gasteiger partial charge >= 0.3 is 0 Å². The zero-order valence-electron chi connectivity index (χ0n) is 13.5. The number of piperazine rings is 1. The van der Waals surface area contributed by atoms with E-state index in [9.17, 15) is 10.1 Å². The van der Waals surface area contributed by atoms with Crippen LogP contribution in [0.2, 0.25) is 0 Å². The van der Waals surface area contributed by atoms with Crippen LogP contribution < -0.4 is 5.32 Å². The van der Waals surface area contributed by atoms with Crippen molar-refractivity contribution in [2.24, 2.45) is 0 Å². The second-order valence-electron chi connectivity index (χ2n) is 5.54. The number of carbonyl (C=O) groups excluding carboxylic acids is 1. The number of nitrogens with one attached hydrogen (secondary N) is 1. The molecule has 0 bridgehead atoms. The Bertz CT molecular complexity index is 642. The number of nitriles is 1. The Hall–Kier alpha value is -1.59. The van der Waals surface area contributed by atoms with Crippen molar-refractivity contribution < 1.29 is 4.79 Å². The van der Waals surface area contributed by atoms with Crippen LogP contribution in [0.3, 0.4) is 0 Å². The molecular weight excluding hydrogens is 403 g/mol. The lowest BCUT2D eigenvalue weighted by Gasteiger charge is -2.33. The fraction of sp³-hybridized carbons (Fsp3) is 0.412. The summed E-state index contributed by atoms with van der Waals surface area (Å²) in [6.07, 6.45) is 1.68. The van der Waals surface area contributed by atoms with Gasteiger partial charge in [-0.15, -0.1) is 0 Å². The summed E-state index contributed by atoms with van der Waals surface area (Å²) in [7, 11) is 0. The Morgan fingerprint density at radius 3 is 2.65 bits per heavy atom. The minimum absolute atomic E-state index is 0.146. The number of aryl methyl sites for hydroxylation is 1. The average Bonchev–Trinajstić information content (AvgIpc) is 2.55. The lowest BCUT2D eigenvalue weighted by Crippen LogP contribution is -2.44. The maximum atomic E-state index is 12.3. The van der Waals surface area contributed by atoms with Crippen molar-refractivity contribution in [3.8, 4) is 6.07 Å². The molecule has 6 heteroatoms. The van der Waals surface area contributed by atoms with Crippen LogP contribution in [-0.4, -0.2) is 48.4 Å². The molecule has 2 rings (SSSR count). The van der Waals surface area contributed by atoms with Gasteiger partial charge in [-0.05, 0) is 59.8 Å². The normalized spacial score (nSPS) is 16.1. The Balaban J connectivity index is 2.04. The summed E-state index contributed by atoms with van der Waals surface area (Å²) in [4.78, 5) is 16.7. The van der Waals surface area contributed by atoms with Crippen LogP contribution in [0.4, 0.5) is 5.69 Å². The maximum Gasteiger partial charge on any atom is 0.267 e. The zero-order chi connectivity index (χ0) is 16.8. The second kappa shape index (κ2) is 8.31. The van der Waals surface area contributed by atoms with Crippen molar-refractivity contribution in [2.45, 2.75) is 13.8 Å². The number of hydrogen-bond acceptors (Lipinski definition) is 4. The molecule has 0 aliphatic carbocycles. The third-order valence-corrected chi connectivity index (χ3v) is 4.64. The quantitative estimate of drug-likeness (QED) is 0.459. The molecule has 1 amide bonds. The second-order valence-corrected chi connectivity index (χ2v) is 6.78. The van der Waals surface area contributed by atoms with Crippen LogP contribution in [0.15, 0.2) is 30.0 Å². The number of carbonyl (C=O) groups is 1. The molecule has 0 saturated carbocycles. The van der Waals surface area contributed by atoms with Gasteiger partial charge in [-0.3, -0.25) is 4.79 Å². The molecule has 1 fully saturated rings. The van der Waals surface area contributed by atoms with Crippen LogP contribution >= 0.6 is 22.6 Å². The van der Waals surface area contributed by atoms with Gasteiger partial charge in [0.15, 0.2) is 0 Å². The molecule has 0 radical (unpaired) electrons. The Morgan fingerprint density at radius 1 is 1.39 bits per heavy atom. The largest absolute Gasteiger partial charge is 0.374 e. The first-order valence-corrected chi connectivity index (χ1v) is 8.77. The predicted molar refractivity (Wildman–Crippen MR) is 99.9 cm³/mol. The first-order valence-electron chi connectivity index (χ1n) is 7.69. The zero-order valence-corrected chi connectivity index (χ0v) is 15.6. The van der Waals surface area contributed by atoms with Crippen LogP contribution in [0.25, 0.3) is 0 Å². The van der Waals surface area contributed by atoms with E-state index in [1.807, 2.05) is 36.1 Å². The number of hydrogen-bond donors (Lipinski definition) is 1. The number of nitrogens with zero attached hydrogens (tertiary/aromatic N) is 3. The van der Waals surface area contributed by atoms with E-state index in [1.165, 1.54) is 0 Å². The van der Waals surface area contributed by atoms with Crippen molar-refractivity contribution in [2.75, 3.05) is 38.0 Å². The highest BCUT2D eigenvalue weighted by Crippen LogP contribution is 2.18. The lowest BCUT2D eigenvalue weighted by atomic mass is 10.2. The van der Waals surface area contributed by atoms with E-state index in [1.54, 1.807) is 6.20 Å². The Morgan fingerprint density at radius 2 is 2.09 bits per heavy atom. The van der Waals surface area contributed by atoms with Crippen molar-refractivity contribution in [1.29, 1.82) is 5.26 Å². The molecule has 1 heterocycles. The molecule has 1 aliphatic rings. The van der Waals surface area contributed by atoms with Gasteiger partial charge in [-0.1, -0.05) is 6.92 Å². The Kier molecular flexibility index (Phi) is 6.42. The predicted octanol–water partition coefficient (Wildman–Crippen LogP) is 2.58. The molecule has 0 aromatic heterocycles. The van der Waals surface area contributed by atoms with Gasteiger partial charge in [-0.2, -0.15) is 5.26 Å². The molecule has 1 saturated heterocycles. The number of benzene rings is 1. The van der Waals surface area contributed by atoms with Crippen LogP contribution in [-0.2, 0) is 4.79 Å². The van der Waals surface area contributed by atoms with E-state index in [0.29, 0.717) is 0 Å². The van der Waals surface area contributed by atoms with Crippen molar-refractivity contribution >= 4 is 34.2 Å². The van der Waals surface area contributed by atoms with Gasteiger partial charge in [0.05, 0.1) is 0 Å². The topological polar surface area (TPSA) is 59.4 Å². The van der Waals surface area contributed by atoms with E-state index in [-0.39, 0.29) is 11.5 Å². The number of likely N-dealkylation sites (N-methyl/N-ethyl adjacent to an activating group) is 1. The van der Waals surface area contributed by atoms with Gasteiger partial charge < -0.3 is 15.1 Å². The maximum absolute atomic E-state index is 12.3. The van der Waals surface area contributed by atoms with Crippen molar-refractivity contribution in [3.05, 3.63) is 39.1 Å². The van der Waals surface area contributed by atoms with Gasteiger partial charge in [0.1, 0.15) is 11.6 Å². The first kappa shape index (κ1) is 17.8. The van der Waals surface area contributed by atoms with Gasteiger partial charge in [0, 0.05) is 41.6 Å². The minimum atomic E-state index is -0.352. The number of rotatable bonds is 4. The number of anilines is 1. The van der Waals surface area contributed by atoms with E-state index in [0.717, 1.165) is 47.5 Å². The molecule has 0 atom stereocenters. The summed E-state index contributed by atoms with van der Waals surface area (Å²) >= 11 is 2.23. The van der Waals surface area contributed by atoms with Gasteiger partial charge in [0.2, 0.25) is 0 Å². The average molecular weight is 424 g/mol. The summed E-state index contributed by atoms with van der Waals surface area (Å²) in [5, 5.41) is 12.1. The van der Waals surface area contributed by atoms with E-state index in [2.05, 4.69) is 39.7 Å². The molecule has 122 valence electrons. The highest BCUT2D eigenvalue weighted by Gasteiger charge is 2.16. The molecule has 1 N–H and O–H groups in total. The Labute approximate surface area is 151 Å². The third-order valence-electron chi connectivity index (χ3n) is 3.97. The highest BCUT2D eigenvalue weighted by atomic mass is 127. The molecule has 0 unspecified atom stereocenters. The van der Waals surface area contributed by atoms with E-state index >= 15 is 0 Å². The third kappa shape index (κ3) is 4.94. The van der Waals surface area contributed by atoms with Crippen LogP contribution in [0.5, 0.6) is 0 Å². The highest BCUT2D eigenvalue weighted by molar-refractivity contribution is 14.1. The molecule has 0 spiro atoms. The molecule has 1 aromatic carbocycles. The molecular formula is C17H21IN4O. The van der Waals surface area contributed by atoms with E-state index < -0.39 is 0 Å². The van der Waals surface area contributed by atoms with Crippen molar-refractivity contribution in [3.63, 3.8) is 0 Å². The van der Waals surface area contributed by atoms with E-state index in [4.69, 9.17) is 0 Å². The smallest absolute Gasteiger partial charge is 0.267 e. The standard InChI is InChI=1S/C17H21IN4O/c1-3-21-6-8-22(9-7-21)12-14(11-19)17(23)20-16-5-4-15(18)10-13(16)2/h4-5,10,12H,3,6-9H2,1-2H3,(H,20,23)/b14-12-. The molecule has 5 nitrogen and oxygen atoms in total. The molecule has 1 aromatic rings. The monoisotopic (exact) mass is 424 g/mol. The summed E-state index contributed by atoms with van der Waals surface area (Å²) in [6.45, 7) is 8.73. The number of amides is 1. The van der Waals surface area contributed by atoms with Crippen molar-refractivity contribution in [1.82, 2.24) is 9.80 Å². The summed E-state index contributed by atoms with van der Waals surface area (Å²) in [6, 6.07) is 7.81. The summed E-state index contributed by atoms with van der Waals surface area (Å²) < 4.78 is 1.11. The fourth-order valence-corrected chi connectivity index (χ4v) is 3.13. The number of halogens is 1. The summed E-state index contributed by atoms with van der Waals surface area (Å²) in [5.41, 5.74) is 1.87. The van der Waals surface area contributed by atoms with Crippen LogP contribution in [0.1, 0.15) is 12.5 Å². The van der Waals surface area contributed by atoms with Crippen LogP contribution in [0, 0.1) is 21.8 Å². The fourth-order valence-electron chi connectivity index (χ4n) is 2.49. The molecule has 1 aliphatic heterocycles. The first-order chi connectivity index (χ1) is 11.0. The van der Waals surface area contributed by atoms with Gasteiger partial charge in [0.25, 0.3) is 5.91 Å². The lowest BCUT2D eigenvalue weighted by molar-refractivity contribution is -0.112. The van der Waals surface area contributed by atoms with Gasteiger partial charge in [-0.25, -0.2) is 0 Å².